The summed E-state index contributed by atoms with van der Waals surface area (Å²) in [7, 11) is 1.51. The zero-order chi connectivity index (χ0) is 25.8. The van der Waals surface area contributed by atoms with Gasteiger partial charge in [0.2, 0.25) is 0 Å². The van der Waals surface area contributed by atoms with Crippen LogP contribution in [0.25, 0.3) is 0 Å². The molecule has 0 radical (unpaired) electrons. The molecule has 0 bridgehead atoms. The number of ketones is 2. The Morgan fingerprint density at radius 3 is 2.29 bits per heavy atom. The molecule has 4 heteroatoms. The number of ether oxygens (including phenoxy) is 1. The van der Waals surface area contributed by atoms with Crippen molar-refractivity contribution in [1.29, 1.82) is 0 Å². The van der Waals surface area contributed by atoms with Crippen molar-refractivity contribution in [3.63, 3.8) is 0 Å². The normalized spacial score (nSPS) is 48.5. The molecule has 8 unspecified atom stereocenters. The fourth-order valence-corrected chi connectivity index (χ4v) is 9.99. The molecule has 0 aromatic heterocycles. The van der Waals surface area contributed by atoms with Gasteiger partial charge in [0.05, 0.1) is 12.5 Å². The number of hydrogen-bond donors (Lipinski definition) is 0. The summed E-state index contributed by atoms with van der Waals surface area (Å²) in [5.41, 5.74) is 0.995. The van der Waals surface area contributed by atoms with Crippen LogP contribution in [0.1, 0.15) is 93.4 Å². The van der Waals surface area contributed by atoms with Crippen molar-refractivity contribution in [2.45, 2.75) is 93.4 Å². The summed E-state index contributed by atoms with van der Waals surface area (Å²) in [6, 6.07) is 0. The summed E-state index contributed by atoms with van der Waals surface area (Å²) >= 11 is 0. The van der Waals surface area contributed by atoms with Crippen LogP contribution in [-0.2, 0) is 19.1 Å². The number of allylic oxidation sites excluding steroid dienone is 4. The van der Waals surface area contributed by atoms with E-state index in [9.17, 15) is 14.4 Å². The summed E-state index contributed by atoms with van der Waals surface area (Å²) in [4.78, 5) is 40.5. The minimum absolute atomic E-state index is 0.00856. The fraction of sp³-hybridized carbons (Fsp3) is 0.774. The van der Waals surface area contributed by atoms with Crippen molar-refractivity contribution < 1.29 is 19.1 Å². The highest BCUT2D eigenvalue weighted by Gasteiger charge is 2.70. The number of carbonyl (C=O) groups is 3. The van der Waals surface area contributed by atoms with Crippen LogP contribution in [0.2, 0.25) is 0 Å². The quantitative estimate of drug-likeness (QED) is 0.403. The number of hydrogen-bond acceptors (Lipinski definition) is 4. The maximum absolute atomic E-state index is 14.3. The Morgan fingerprint density at radius 1 is 0.971 bits per heavy atom. The van der Waals surface area contributed by atoms with Crippen LogP contribution in [-0.4, -0.2) is 24.6 Å². The van der Waals surface area contributed by atoms with Crippen molar-refractivity contribution in [2.75, 3.05) is 7.11 Å². The van der Waals surface area contributed by atoms with E-state index in [4.69, 9.17) is 4.74 Å². The van der Waals surface area contributed by atoms with Crippen LogP contribution in [0.3, 0.4) is 0 Å². The standard InChI is InChI=1S/C31H44O4/c1-18-16-28(5)20(19(2)25(18)33)9-10-29(6)23(28)15-22(32)24-21-17-27(3,4)11-13-31(21,26(34)35-8)14-12-30(24,29)7/h15-16,19-21,24H,9-14,17H2,1-8H3. The van der Waals surface area contributed by atoms with Gasteiger partial charge in [0.25, 0.3) is 0 Å². The van der Waals surface area contributed by atoms with Crippen LogP contribution in [0.5, 0.6) is 0 Å². The molecule has 3 fully saturated rings. The summed E-state index contributed by atoms with van der Waals surface area (Å²) in [5, 5.41) is 0. The van der Waals surface area contributed by atoms with E-state index in [-0.39, 0.29) is 62.9 Å². The first-order valence-corrected chi connectivity index (χ1v) is 13.8. The highest BCUT2D eigenvalue weighted by Crippen LogP contribution is 2.73. The highest BCUT2D eigenvalue weighted by atomic mass is 16.5. The molecular formula is C31H44O4. The molecule has 0 amide bonds. The van der Waals surface area contributed by atoms with E-state index < -0.39 is 5.41 Å². The van der Waals surface area contributed by atoms with Gasteiger partial charge in [-0.15, -0.1) is 0 Å². The van der Waals surface area contributed by atoms with Gasteiger partial charge in [0.1, 0.15) is 0 Å². The second kappa shape index (κ2) is 7.42. The van der Waals surface area contributed by atoms with Crippen molar-refractivity contribution in [1.82, 2.24) is 0 Å². The predicted octanol–water partition coefficient (Wildman–Crippen LogP) is 6.49. The van der Waals surface area contributed by atoms with Gasteiger partial charge in [-0.2, -0.15) is 0 Å². The number of Topliss-reactive ketones (excluding diaryl/α,β-unsaturated/α-hetero) is 1. The molecule has 0 N–H and O–H groups in total. The van der Waals surface area contributed by atoms with Crippen molar-refractivity contribution in [3.8, 4) is 0 Å². The number of fused-ring (bicyclic) bond motifs is 7. The van der Waals surface area contributed by atoms with E-state index in [1.807, 2.05) is 13.0 Å². The molecule has 0 heterocycles. The zero-order valence-corrected chi connectivity index (χ0v) is 23.0. The van der Waals surface area contributed by atoms with Gasteiger partial charge in [0.15, 0.2) is 11.6 Å². The largest absolute Gasteiger partial charge is 0.469 e. The Hall–Kier alpha value is -1.71. The van der Waals surface area contributed by atoms with Gasteiger partial charge in [-0.3, -0.25) is 14.4 Å². The lowest BCUT2D eigenvalue weighted by molar-refractivity contribution is -0.190. The second-order valence-corrected chi connectivity index (χ2v) is 14.2. The van der Waals surface area contributed by atoms with E-state index >= 15 is 0 Å². The number of rotatable bonds is 1. The summed E-state index contributed by atoms with van der Waals surface area (Å²) in [6.07, 6.45) is 10.5. The van der Waals surface area contributed by atoms with Crippen molar-refractivity contribution in [3.05, 3.63) is 23.3 Å². The van der Waals surface area contributed by atoms with Gasteiger partial charge in [-0.25, -0.2) is 0 Å². The van der Waals surface area contributed by atoms with Crippen LogP contribution >= 0.6 is 0 Å². The molecule has 0 spiro atoms. The lowest BCUT2D eigenvalue weighted by Crippen LogP contribution is -2.65. The van der Waals surface area contributed by atoms with Crippen LogP contribution < -0.4 is 0 Å². The van der Waals surface area contributed by atoms with Crippen molar-refractivity contribution >= 4 is 17.5 Å². The Labute approximate surface area is 211 Å². The number of esters is 1. The maximum atomic E-state index is 14.3. The molecule has 0 aromatic carbocycles. The Balaban J connectivity index is 1.68. The van der Waals surface area contributed by atoms with E-state index in [2.05, 4.69) is 47.6 Å². The average Bonchev–Trinajstić information content (AvgIpc) is 2.78. The summed E-state index contributed by atoms with van der Waals surface area (Å²) in [6.45, 7) is 15.6. The monoisotopic (exact) mass is 480 g/mol. The number of methoxy groups -OCH3 is 1. The molecule has 5 aliphatic carbocycles. The minimum atomic E-state index is -0.546. The molecule has 5 rings (SSSR count). The summed E-state index contributed by atoms with van der Waals surface area (Å²) in [5.74, 6) is 0.402. The SMILES string of the molecule is COC(=O)C12CCC(C)(C)CC1C1C(=O)C=C3C4(C)C=C(C)C(=O)C(C)C4CCC3(C)C1(C)CC2. The molecule has 4 nitrogen and oxygen atoms in total. The average molecular weight is 481 g/mol. The molecule has 0 saturated heterocycles. The summed E-state index contributed by atoms with van der Waals surface area (Å²) < 4.78 is 5.41. The molecule has 192 valence electrons. The molecule has 0 aromatic rings. The topological polar surface area (TPSA) is 60.4 Å². The molecule has 3 saturated carbocycles. The van der Waals surface area contributed by atoms with E-state index in [1.54, 1.807) is 0 Å². The molecular weight excluding hydrogens is 436 g/mol. The minimum Gasteiger partial charge on any atom is -0.469 e. The molecule has 35 heavy (non-hydrogen) atoms. The first kappa shape index (κ1) is 25.0. The van der Waals surface area contributed by atoms with Crippen LogP contribution in [0.15, 0.2) is 23.3 Å². The molecule has 8 atom stereocenters. The fourth-order valence-electron chi connectivity index (χ4n) is 9.99. The van der Waals surface area contributed by atoms with Gasteiger partial charge >= 0.3 is 5.97 Å². The Bertz CT molecular complexity index is 1060. The van der Waals surface area contributed by atoms with Gasteiger partial charge in [-0.1, -0.05) is 53.2 Å². The van der Waals surface area contributed by atoms with Crippen LogP contribution in [0.4, 0.5) is 0 Å². The van der Waals surface area contributed by atoms with E-state index in [0.717, 1.165) is 50.5 Å². The highest BCUT2D eigenvalue weighted by molar-refractivity contribution is 5.99. The second-order valence-electron chi connectivity index (χ2n) is 14.2. The third-order valence-corrected chi connectivity index (χ3v) is 12.2. The Kier molecular flexibility index (Phi) is 5.29. The lowest BCUT2D eigenvalue weighted by atomic mass is 9.35. The molecule has 5 aliphatic rings. The van der Waals surface area contributed by atoms with Gasteiger partial charge < -0.3 is 4.74 Å². The number of carbonyl (C=O) groups excluding carboxylic acids is 3. The smallest absolute Gasteiger partial charge is 0.312 e. The third kappa shape index (κ3) is 3.01. The van der Waals surface area contributed by atoms with Gasteiger partial charge in [0, 0.05) is 17.3 Å². The van der Waals surface area contributed by atoms with Gasteiger partial charge in [-0.05, 0) is 91.6 Å². The Morgan fingerprint density at radius 2 is 1.63 bits per heavy atom. The van der Waals surface area contributed by atoms with Crippen LogP contribution in [0, 0.1) is 50.7 Å². The zero-order valence-electron chi connectivity index (χ0n) is 23.0. The van der Waals surface area contributed by atoms with E-state index in [0.29, 0.717) is 0 Å². The third-order valence-electron chi connectivity index (χ3n) is 12.2. The predicted molar refractivity (Wildman–Crippen MR) is 136 cm³/mol. The first-order valence-electron chi connectivity index (χ1n) is 13.8. The molecule has 0 aliphatic heterocycles. The van der Waals surface area contributed by atoms with E-state index in [1.165, 1.54) is 12.7 Å². The first-order chi connectivity index (χ1) is 16.2. The van der Waals surface area contributed by atoms with Crippen molar-refractivity contribution in [2.24, 2.45) is 50.7 Å². The lowest BCUT2D eigenvalue weighted by Gasteiger charge is -2.68. The maximum Gasteiger partial charge on any atom is 0.312 e.